The maximum Gasteiger partial charge on any atom is 0.269 e. The van der Waals surface area contributed by atoms with Crippen molar-refractivity contribution in [1.29, 1.82) is 5.26 Å². The Morgan fingerprint density at radius 2 is 2.35 bits per heavy atom. The first-order chi connectivity index (χ1) is 8.29. The van der Waals surface area contributed by atoms with Gasteiger partial charge in [-0.3, -0.25) is 4.79 Å². The summed E-state index contributed by atoms with van der Waals surface area (Å²) < 4.78 is 0. The molecule has 1 aromatic heterocycles. The minimum Gasteiger partial charge on any atom is -0.351 e. The number of nitriles is 1. The molecule has 0 bridgehead atoms. The van der Waals surface area contributed by atoms with Crippen LogP contribution < -0.4 is 5.32 Å². The van der Waals surface area contributed by atoms with Crippen molar-refractivity contribution in [3.8, 4) is 6.07 Å². The van der Waals surface area contributed by atoms with Crippen LogP contribution in [0.5, 0.6) is 0 Å². The Kier molecular flexibility index (Phi) is 3.71. The van der Waals surface area contributed by atoms with Gasteiger partial charge in [-0.2, -0.15) is 5.26 Å². The molecule has 1 aliphatic rings. The third-order valence-corrected chi connectivity index (χ3v) is 2.90. The van der Waals surface area contributed by atoms with Crippen LogP contribution in [0.15, 0.2) is 18.3 Å². The van der Waals surface area contributed by atoms with E-state index in [1.165, 1.54) is 25.5 Å². The Bertz CT molecular complexity index is 429. The molecular weight excluding hydrogens is 214 g/mol. The highest BCUT2D eigenvalue weighted by Gasteiger charge is 2.20. The van der Waals surface area contributed by atoms with E-state index in [1.807, 2.05) is 6.07 Å². The topological polar surface area (TPSA) is 65.8 Å². The largest absolute Gasteiger partial charge is 0.351 e. The molecule has 1 aromatic rings. The maximum atomic E-state index is 11.6. The van der Waals surface area contributed by atoms with Gasteiger partial charge in [-0.25, -0.2) is 4.98 Å². The van der Waals surface area contributed by atoms with Crippen LogP contribution in [0.2, 0.25) is 0 Å². The molecule has 1 amide bonds. The van der Waals surface area contributed by atoms with Crippen molar-refractivity contribution in [2.45, 2.75) is 25.7 Å². The summed E-state index contributed by atoms with van der Waals surface area (Å²) in [5.74, 6) is 0.741. The molecule has 1 fully saturated rings. The molecule has 0 atom stereocenters. The molecule has 4 heteroatoms. The highest BCUT2D eigenvalue weighted by Crippen LogP contribution is 2.33. The smallest absolute Gasteiger partial charge is 0.269 e. The third kappa shape index (κ3) is 3.56. The number of pyridine rings is 1. The molecule has 17 heavy (non-hydrogen) atoms. The minimum atomic E-state index is -0.162. The lowest BCUT2D eigenvalue weighted by molar-refractivity contribution is 0.0948. The lowest BCUT2D eigenvalue weighted by Gasteiger charge is -2.03. The van der Waals surface area contributed by atoms with Crippen LogP contribution in [0.3, 0.4) is 0 Å². The molecule has 1 N–H and O–H groups in total. The van der Waals surface area contributed by atoms with Crippen LogP contribution in [0.4, 0.5) is 0 Å². The van der Waals surface area contributed by atoms with Gasteiger partial charge in [-0.15, -0.1) is 0 Å². The second-order valence-corrected chi connectivity index (χ2v) is 4.39. The molecule has 0 radical (unpaired) electrons. The van der Waals surface area contributed by atoms with E-state index in [2.05, 4.69) is 10.3 Å². The number of hydrogen-bond donors (Lipinski definition) is 1. The fourth-order valence-electron chi connectivity index (χ4n) is 1.68. The SMILES string of the molecule is N#Cc1ccc(C(=O)NCCCC2CC2)nc1. The number of rotatable bonds is 5. The molecule has 88 valence electrons. The number of nitrogens with one attached hydrogen (secondary N) is 1. The Morgan fingerprint density at radius 1 is 1.53 bits per heavy atom. The molecule has 1 saturated carbocycles. The standard InChI is InChI=1S/C13H15N3O/c14-8-11-5-6-12(16-9-11)13(17)15-7-1-2-10-3-4-10/h5-6,9-10H,1-4,7H2,(H,15,17). The van der Waals surface area contributed by atoms with E-state index < -0.39 is 0 Å². The maximum absolute atomic E-state index is 11.6. The second kappa shape index (κ2) is 5.44. The summed E-state index contributed by atoms with van der Waals surface area (Å²) in [7, 11) is 0. The van der Waals surface area contributed by atoms with Crippen molar-refractivity contribution >= 4 is 5.91 Å². The van der Waals surface area contributed by atoms with Crippen LogP contribution in [-0.2, 0) is 0 Å². The van der Waals surface area contributed by atoms with Gasteiger partial charge in [0.1, 0.15) is 11.8 Å². The first kappa shape index (κ1) is 11.6. The summed E-state index contributed by atoms with van der Waals surface area (Å²) in [6.07, 6.45) is 6.36. The quantitative estimate of drug-likeness (QED) is 0.784. The first-order valence-corrected chi connectivity index (χ1v) is 5.94. The monoisotopic (exact) mass is 229 g/mol. The van der Waals surface area contributed by atoms with Crippen LogP contribution in [0.1, 0.15) is 41.7 Å². The predicted molar refractivity (Wildman–Crippen MR) is 63.2 cm³/mol. The average Bonchev–Trinajstić information content (AvgIpc) is 3.18. The molecule has 1 aliphatic carbocycles. The Labute approximate surface area is 101 Å². The van der Waals surface area contributed by atoms with Gasteiger partial charge < -0.3 is 5.32 Å². The Hall–Kier alpha value is -1.89. The lowest BCUT2D eigenvalue weighted by atomic mass is 10.2. The van der Waals surface area contributed by atoms with E-state index in [9.17, 15) is 4.79 Å². The van der Waals surface area contributed by atoms with Crippen LogP contribution in [0, 0.1) is 17.2 Å². The van der Waals surface area contributed by atoms with Crippen LogP contribution in [0.25, 0.3) is 0 Å². The molecule has 1 heterocycles. The highest BCUT2D eigenvalue weighted by molar-refractivity contribution is 5.92. The van der Waals surface area contributed by atoms with Crippen molar-refractivity contribution in [2.24, 2.45) is 5.92 Å². The van der Waals surface area contributed by atoms with Gasteiger partial charge in [0.15, 0.2) is 0 Å². The lowest BCUT2D eigenvalue weighted by Crippen LogP contribution is -2.25. The van der Waals surface area contributed by atoms with E-state index in [0.29, 0.717) is 17.8 Å². The van der Waals surface area contributed by atoms with Crippen molar-refractivity contribution in [3.63, 3.8) is 0 Å². The van der Waals surface area contributed by atoms with E-state index in [1.54, 1.807) is 12.1 Å². The normalized spacial score (nSPS) is 14.1. The molecule has 0 unspecified atom stereocenters. The van der Waals surface area contributed by atoms with Crippen molar-refractivity contribution < 1.29 is 4.79 Å². The molecule has 4 nitrogen and oxygen atoms in total. The van der Waals surface area contributed by atoms with Crippen molar-refractivity contribution in [2.75, 3.05) is 6.54 Å². The molecule has 0 aliphatic heterocycles. The summed E-state index contributed by atoms with van der Waals surface area (Å²) in [6.45, 7) is 0.705. The average molecular weight is 229 g/mol. The summed E-state index contributed by atoms with van der Waals surface area (Å²) >= 11 is 0. The summed E-state index contributed by atoms with van der Waals surface area (Å²) in [5, 5.41) is 11.4. The van der Waals surface area contributed by atoms with Gasteiger partial charge >= 0.3 is 0 Å². The summed E-state index contributed by atoms with van der Waals surface area (Å²) in [6, 6.07) is 5.15. The number of hydrogen-bond acceptors (Lipinski definition) is 3. The highest BCUT2D eigenvalue weighted by atomic mass is 16.1. The van der Waals surface area contributed by atoms with E-state index in [4.69, 9.17) is 5.26 Å². The zero-order chi connectivity index (χ0) is 12.1. The molecule has 0 saturated heterocycles. The first-order valence-electron chi connectivity index (χ1n) is 5.94. The fraction of sp³-hybridized carbons (Fsp3) is 0.462. The Balaban J connectivity index is 1.75. The van der Waals surface area contributed by atoms with Gasteiger partial charge in [0.25, 0.3) is 5.91 Å². The van der Waals surface area contributed by atoms with Gasteiger partial charge in [0, 0.05) is 12.7 Å². The summed E-state index contributed by atoms with van der Waals surface area (Å²) in [4.78, 5) is 15.6. The van der Waals surface area contributed by atoms with Gasteiger partial charge in [-0.05, 0) is 30.9 Å². The van der Waals surface area contributed by atoms with Crippen molar-refractivity contribution in [1.82, 2.24) is 10.3 Å². The zero-order valence-electron chi connectivity index (χ0n) is 9.65. The van der Waals surface area contributed by atoms with E-state index in [0.717, 1.165) is 12.3 Å². The third-order valence-electron chi connectivity index (χ3n) is 2.90. The van der Waals surface area contributed by atoms with Gasteiger partial charge in [0.2, 0.25) is 0 Å². The van der Waals surface area contributed by atoms with Gasteiger partial charge in [0.05, 0.1) is 5.56 Å². The molecule has 0 aromatic carbocycles. The number of aromatic nitrogens is 1. The number of carbonyl (C=O) groups is 1. The van der Waals surface area contributed by atoms with Gasteiger partial charge in [-0.1, -0.05) is 12.8 Å². The molecule has 2 rings (SSSR count). The second-order valence-electron chi connectivity index (χ2n) is 4.39. The zero-order valence-corrected chi connectivity index (χ0v) is 9.65. The number of carbonyl (C=O) groups excluding carboxylic acids is 1. The molecule has 0 spiro atoms. The summed E-state index contributed by atoms with van der Waals surface area (Å²) in [5.41, 5.74) is 0.839. The van der Waals surface area contributed by atoms with E-state index in [-0.39, 0.29) is 5.91 Å². The van der Waals surface area contributed by atoms with Crippen LogP contribution in [-0.4, -0.2) is 17.4 Å². The fourth-order valence-corrected chi connectivity index (χ4v) is 1.68. The molecular formula is C13H15N3O. The number of amides is 1. The van der Waals surface area contributed by atoms with Crippen molar-refractivity contribution in [3.05, 3.63) is 29.6 Å². The van der Waals surface area contributed by atoms with Crippen LogP contribution >= 0.6 is 0 Å². The predicted octanol–water partition coefficient (Wildman–Crippen LogP) is 1.87. The Morgan fingerprint density at radius 3 is 2.94 bits per heavy atom. The van der Waals surface area contributed by atoms with E-state index >= 15 is 0 Å². The number of nitrogens with zero attached hydrogens (tertiary/aromatic N) is 2. The minimum absolute atomic E-state index is 0.162.